The van der Waals surface area contributed by atoms with Gasteiger partial charge in [-0.05, 0) is 55.6 Å². The molecule has 5 aromatic heterocycles. The standard InChI is InChI=1S/C28H25N7OS/c1-2-9-35(8-1)10-11-36-19-13-18(15-29-16-19)23-14-21-24(17-30-23)33-34-27(21)28-31-22-6-3-5-20(26(22)32-28)25-7-4-12-37-25/h3-7,12-17H,1-2,8-11H2,(H,31,32)(H,33,34). The maximum absolute atomic E-state index is 6.01. The average molecular weight is 508 g/mol. The molecule has 0 bridgehead atoms. The lowest BCUT2D eigenvalue weighted by atomic mass is 10.1. The van der Waals surface area contributed by atoms with Crippen molar-refractivity contribution in [1.29, 1.82) is 0 Å². The molecule has 1 aromatic carbocycles. The lowest BCUT2D eigenvalue weighted by Gasteiger charge is -2.15. The first-order valence-electron chi connectivity index (χ1n) is 12.5. The zero-order valence-electron chi connectivity index (χ0n) is 20.1. The molecule has 6 heterocycles. The van der Waals surface area contributed by atoms with Gasteiger partial charge in [0.2, 0.25) is 0 Å². The van der Waals surface area contributed by atoms with Gasteiger partial charge in [-0.15, -0.1) is 11.3 Å². The van der Waals surface area contributed by atoms with Crippen molar-refractivity contribution in [2.24, 2.45) is 0 Å². The van der Waals surface area contributed by atoms with E-state index in [1.807, 2.05) is 30.6 Å². The van der Waals surface area contributed by atoms with Crippen molar-refractivity contribution in [1.82, 2.24) is 35.0 Å². The van der Waals surface area contributed by atoms with E-state index in [1.165, 1.54) is 30.8 Å². The fourth-order valence-corrected chi connectivity index (χ4v) is 5.72. The molecule has 37 heavy (non-hydrogen) atoms. The Labute approximate surface area is 217 Å². The highest BCUT2D eigenvalue weighted by atomic mass is 32.1. The third kappa shape index (κ3) is 4.26. The molecule has 0 aliphatic carbocycles. The Morgan fingerprint density at radius 2 is 1.95 bits per heavy atom. The molecular weight excluding hydrogens is 482 g/mol. The van der Waals surface area contributed by atoms with E-state index in [-0.39, 0.29) is 0 Å². The number of nitrogens with zero attached hydrogens (tertiary/aromatic N) is 5. The monoisotopic (exact) mass is 507 g/mol. The number of ether oxygens (including phenoxy) is 1. The van der Waals surface area contributed by atoms with Crippen molar-refractivity contribution in [2.45, 2.75) is 12.8 Å². The van der Waals surface area contributed by atoms with E-state index in [4.69, 9.17) is 9.72 Å². The van der Waals surface area contributed by atoms with Crippen LogP contribution in [0.25, 0.3) is 55.2 Å². The van der Waals surface area contributed by atoms with Gasteiger partial charge in [0.1, 0.15) is 18.1 Å². The fourth-order valence-electron chi connectivity index (χ4n) is 4.97. The highest BCUT2D eigenvalue weighted by molar-refractivity contribution is 7.13. The Morgan fingerprint density at radius 1 is 1.00 bits per heavy atom. The molecule has 1 aliphatic heterocycles. The molecule has 9 heteroatoms. The van der Waals surface area contributed by atoms with E-state index < -0.39 is 0 Å². The number of fused-ring (bicyclic) bond motifs is 2. The van der Waals surface area contributed by atoms with Crippen molar-refractivity contribution in [3.63, 3.8) is 0 Å². The first-order chi connectivity index (χ1) is 18.3. The van der Waals surface area contributed by atoms with E-state index in [0.29, 0.717) is 6.61 Å². The lowest BCUT2D eigenvalue weighted by Crippen LogP contribution is -2.25. The van der Waals surface area contributed by atoms with Crippen molar-refractivity contribution in [3.8, 4) is 39.0 Å². The van der Waals surface area contributed by atoms with Gasteiger partial charge in [0.25, 0.3) is 0 Å². The molecular formula is C28H25N7OS. The van der Waals surface area contributed by atoms with E-state index in [2.05, 4.69) is 59.7 Å². The molecule has 1 fully saturated rings. The van der Waals surface area contributed by atoms with Crippen LogP contribution in [0.4, 0.5) is 0 Å². The molecule has 0 atom stereocenters. The van der Waals surface area contributed by atoms with Gasteiger partial charge in [0.05, 0.1) is 34.6 Å². The van der Waals surface area contributed by atoms with Crippen molar-refractivity contribution >= 4 is 33.3 Å². The summed E-state index contributed by atoms with van der Waals surface area (Å²) in [6.45, 7) is 3.93. The highest BCUT2D eigenvalue weighted by Gasteiger charge is 2.17. The summed E-state index contributed by atoms with van der Waals surface area (Å²) in [6, 6.07) is 14.4. The summed E-state index contributed by atoms with van der Waals surface area (Å²) in [5.41, 5.74) is 6.36. The molecule has 6 aromatic rings. The second-order valence-corrected chi connectivity index (χ2v) is 10.2. The number of pyridine rings is 2. The molecule has 7 rings (SSSR count). The smallest absolute Gasteiger partial charge is 0.159 e. The average Bonchev–Trinajstić information content (AvgIpc) is 3.74. The fraction of sp³-hybridized carbons (Fsp3) is 0.214. The van der Waals surface area contributed by atoms with Gasteiger partial charge >= 0.3 is 0 Å². The third-order valence-corrected chi connectivity index (χ3v) is 7.76. The van der Waals surface area contributed by atoms with Crippen LogP contribution in [-0.2, 0) is 0 Å². The van der Waals surface area contributed by atoms with Crippen LogP contribution >= 0.6 is 11.3 Å². The largest absolute Gasteiger partial charge is 0.491 e. The minimum Gasteiger partial charge on any atom is -0.491 e. The first kappa shape index (κ1) is 22.1. The van der Waals surface area contributed by atoms with Crippen LogP contribution in [0.1, 0.15) is 12.8 Å². The second-order valence-electron chi connectivity index (χ2n) is 9.26. The minimum atomic E-state index is 0.656. The number of likely N-dealkylation sites (tertiary alicyclic amines) is 1. The maximum Gasteiger partial charge on any atom is 0.159 e. The van der Waals surface area contributed by atoms with E-state index in [9.17, 15) is 0 Å². The van der Waals surface area contributed by atoms with Crippen LogP contribution in [0.2, 0.25) is 0 Å². The van der Waals surface area contributed by atoms with Crippen LogP contribution in [0.5, 0.6) is 5.75 Å². The zero-order valence-corrected chi connectivity index (χ0v) is 21.0. The van der Waals surface area contributed by atoms with Crippen LogP contribution in [0.3, 0.4) is 0 Å². The molecule has 0 spiro atoms. The number of aromatic amines is 2. The molecule has 0 radical (unpaired) electrons. The van der Waals surface area contributed by atoms with Crippen LogP contribution in [0, 0.1) is 0 Å². The number of aromatic nitrogens is 6. The predicted octanol–water partition coefficient (Wildman–Crippen LogP) is 5.77. The van der Waals surface area contributed by atoms with Crippen molar-refractivity contribution < 1.29 is 4.74 Å². The predicted molar refractivity (Wildman–Crippen MR) is 147 cm³/mol. The number of rotatable bonds is 7. The van der Waals surface area contributed by atoms with Gasteiger partial charge < -0.3 is 9.72 Å². The Balaban J connectivity index is 1.20. The number of para-hydroxylation sites is 1. The summed E-state index contributed by atoms with van der Waals surface area (Å²) in [7, 11) is 0. The van der Waals surface area contributed by atoms with Gasteiger partial charge in [-0.1, -0.05) is 18.2 Å². The van der Waals surface area contributed by atoms with Crippen molar-refractivity contribution in [2.75, 3.05) is 26.2 Å². The molecule has 8 nitrogen and oxygen atoms in total. The van der Waals surface area contributed by atoms with E-state index in [1.54, 1.807) is 17.5 Å². The lowest BCUT2D eigenvalue weighted by molar-refractivity contribution is 0.237. The quantitative estimate of drug-likeness (QED) is 0.285. The topological polar surface area (TPSA) is 95.6 Å². The summed E-state index contributed by atoms with van der Waals surface area (Å²) in [5, 5.41) is 10.7. The van der Waals surface area contributed by atoms with Crippen LogP contribution in [-0.4, -0.2) is 61.3 Å². The minimum absolute atomic E-state index is 0.656. The number of benzene rings is 1. The number of H-pyrrole nitrogens is 2. The Morgan fingerprint density at radius 3 is 2.84 bits per heavy atom. The number of nitrogens with one attached hydrogen (secondary N) is 2. The van der Waals surface area contributed by atoms with Gasteiger partial charge in [-0.2, -0.15) is 5.10 Å². The summed E-state index contributed by atoms with van der Waals surface area (Å²) in [5.74, 6) is 1.48. The van der Waals surface area contributed by atoms with E-state index in [0.717, 1.165) is 62.6 Å². The molecule has 2 N–H and O–H groups in total. The molecule has 0 unspecified atom stereocenters. The van der Waals surface area contributed by atoms with Crippen LogP contribution < -0.4 is 4.74 Å². The highest BCUT2D eigenvalue weighted by Crippen LogP contribution is 2.34. The molecule has 1 aliphatic rings. The van der Waals surface area contributed by atoms with Gasteiger partial charge in [-0.25, -0.2) is 4.98 Å². The molecule has 0 saturated carbocycles. The maximum atomic E-state index is 6.01. The summed E-state index contributed by atoms with van der Waals surface area (Å²) in [4.78, 5) is 21.1. The number of thiophene rings is 1. The van der Waals surface area contributed by atoms with E-state index >= 15 is 0 Å². The van der Waals surface area contributed by atoms with Gasteiger partial charge in [-0.3, -0.25) is 20.0 Å². The van der Waals surface area contributed by atoms with Crippen molar-refractivity contribution in [3.05, 3.63) is 66.4 Å². The Bertz CT molecular complexity index is 1680. The van der Waals surface area contributed by atoms with Crippen LogP contribution in [0.15, 0.2) is 66.4 Å². The summed E-state index contributed by atoms with van der Waals surface area (Å²) in [6.07, 6.45) is 7.95. The number of hydrogen-bond donors (Lipinski definition) is 2. The summed E-state index contributed by atoms with van der Waals surface area (Å²) >= 11 is 1.71. The zero-order chi connectivity index (χ0) is 24.6. The molecule has 184 valence electrons. The Hall–Kier alpha value is -4.08. The second kappa shape index (κ2) is 9.42. The molecule has 1 saturated heterocycles. The summed E-state index contributed by atoms with van der Waals surface area (Å²) < 4.78 is 6.01. The SMILES string of the molecule is c1csc(-c2cccc3[nH]c(-c4n[nH]c5cnc(-c6cncc(OCCN7CCCC7)c6)cc45)nc23)c1. The number of hydrogen-bond acceptors (Lipinski definition) is 7. The van der Waals surface area contributed by atoms with Gasteiger partial charge in [0.15, 0.2) is 5.82 Å². The molecule has 0 amide bonds. The normalized spacial score (nSPS) is 14.2. The third-order valence-electron chi connectivity index (χ3n) is 6.85. The Kier molecular flexibility index (Phi) is 5.64. The number of imidazole rings is 1. The van der Waals surface area contributed by atoms with Gasteiger partial charge in [0, 0.05) is 34.1 Å². The first-order valence-corrected chi connectivity index (χ1v) is 13.4.